The molecule has 1 heterocycles. The highest BCUT2D eigenvalue weighted by Gasteiger charge is 2.13. The summed E-state index contributed by atoms with van der Waals surface area (Å²) in [7, 11) is 0. The molecule has 0 aliphatic heterocycles. The van der Waals surface area contributed by atoms with Crippen LogP contribution in [-0.4, -0.2) is 23.3 Å². The Kier molecular flexibility index (Phi) is 5.87. The van der Waals surface area contributed by atoms with Gasteiger partial charge in [0.1, 0.15) is 5.75 Å². The summed E-state index contributed by atoms with van der Waals surface area (Å²) in [6, 6.07) is 7.80. The van der Waals surface area contributed by atoms with Crippen molar-refractivity contribution in [3.05, 3.63) is 40.4 Å². The number of benzene rings is 1. The van der Waals surface area contributed by atoms with Crippen molar-refractivity contribution < 1.29 is 14.3 Å². The molecule has 0 saturated carbocycles. The number of hydrogen-bond donors (Lipinski definition) is 1. The average molecular weight is 332 g/mol. The third-order valence-corrected chi connectivity index (χ3v) is 4.37. The van der Waals surface area contributed by atoms with Gasteiger partial charge in [-0.3, -0.25) is 9.59 Å². The number of carbonyl (C=O) groups is 2. The lowest BCUT2D eigenvalue weighted by Crippen LogP contribution is -2.12. The van der Waals surface area contributed by atoms with Crippen molar-refractivity contribution in [2.24, 2.45) is 0 Å². The van der Waals surface area contributed by atoms with Crippen LogP contribution in [0.5, 0.6) is 5.75 Å². The van der Waals surface area contributed by atoms with E-state index >= 15 is 0 Å². The van der Waals surface area contributed by atoms with Crippen LogP contribution in [0, 0.1) is 13.8 Å². The fourth-order valence-electron chi connectivity index (χ4n) is 2.02. The highest BCUT2D eigenvalue weighted by molar-refractivity contribution is 7.17. The van der Waals surface area contributed by atoms with Crippen LogP contribution >= 0.6 is 11.3 Å². The van der Waals surface area contributed by atoms with Gasteiger partial charge in [0, 0.05) is 13.3 Å². The van der Waals surface area contributed by atoms with E-state index in [4.69, 9.17) is 4.74 Å². The third-order valence-electron chi connectivity index (χ3n) is 3.20. The Hall–Kier alpha value is -2.21. The molecule has 0 atom stereocenters. The Morgan fingerprint density at radius 3 is 2.52 bits per heavy atom. The van der Waals surface area contributed by atoms with Crippen molar-refractivity contribution in [3.63, 3.8) is 0 Å². The SMILES string of the molecule is CC(=O)c1sc(NC(=O)CCCOc2ccc(C)cc2)nc1C. The van der Waals surface area contributed by atoms with Crippen molar-refractivity contribution >= 4 is 28.2 Å². The molecule has 1 N–H and O–H groups in total. The zero-order chi connectivity index (χ0) is 16.8. The van der Waals surface area contributed by atoms with Gasteiger partial charge in [-0.2, -0.15) is 0 Å². The van der Waals surface area contributed by atoms with Gasteiger partial charge in [0.05, 0.1) is 17.2 Å². The summed E-state index contributed by atoms with van der Waals surface area (Å²) >= 11 is 1.21. The Morgan fingerprint density at radius 1 is 1.22 bits per heavy atom. The lowest BCUT2D eigenvalue weighted by molar-refractivity contribution is -0.116. The van der Waals surface area contributed by atoms with Crippen LogP contribution in [-0.2, 0) is 4.79 Å². The van der Waals surface area contributed by atoms with Crippen molar-refractivity contribution in [2.45, 2.75) is 33.6 Å². The maximum atomic E-state index is 11.9. The molecule has 23 heavy (non-hydrogen) atoms. The highest BCUT2D eigenvalue weighted by Crippen LogP contribution is 2.23. The fourth-order valence-corrected chi connectivity index (χ4v) is 2.89. The van der Waals surface area contributed by atoms with E-state index in [0.717, 1.165) is 5.75 Å². The summed E-state index contributed by atoms with van der Waals surface area (Å²) in [5.41, 5.74) is 1.83. The molecule has 1 aromatic carbocycles. The fraction of sp³-hybridized carbons (Fsp3) is 0.353. The van der Waals surface area contributed by atoms with Crippen LogP contribution in [0.15, 0.2) is 24.3 Å². The van der Waals surface area contributed by atoms with Crippen molar-refractivity contribution in [1.82, 2.24) is 4.98 Å². The van der Waals surface area contributed by atoms with Crippen LogP contribution in [0.2, 0.25) is 0 Å². The van der Waals surface area contributed by atoms with Gasteiger partial charge < -0.3 is 10.1 Å². The number of aryl methyl sites for hydroxylation is 2. The molecule has 5 nitrogen and oxygen atoms in total. The van der Waals surface area contributed by atoms with E-state index in [-0.39, 0.29) is 11.7 Å². The largest absolute Gasteiger partial charge is 0.494 e. The summed E-state index contributed by atoms with van der Waals surface area (Å²) in [5.74, 6) is 0.644. The zero-order valence-corrected chi connectivity index (χ0v) is 14.3. The molecule has 0 radical (unpaired) electrons. The van der Waals surface area contributed by atoms with Gasteiger partial charge in [0.25, 0.3) is 0 Å². The van der Waals surface area contributed by atoms with Gasteiger partial charge in [0.15, 0.2) is 10.9 Å². The molecule has 0 unspecified atom stereocenters. The second-order valence-electron chi connectivity index (χ2n) is 5.30. The minimum Gasteiger partial charge on any atom is -0.494 e. The summed E-state index contributed by atoms with van der Waals surface area (Å²) in [6.07, 6.45) is 0.962. The molecule has 2 rings (SSSR count). The monoisotopic (exact) mass is 332 g/mol. The molecule has 2 aromatic rings. The third kappa shape index (κ3) is 5.17. The number of nitrogens with zero attached hydrogens (tertiary/aromatic N) is 1. The molecule has 0 bridgehead atoms. The van der Waals surface area contributed by atoms with Crippen molar-refractivity contribution in [3.8, 4) is 5.75 Å². The van der Waals surface area contributed by atoms with Crippen molar-refractivity contribution in [1.29, 1.82) is 0 Å². The molecular formula is C17H20N2O3S. The zero-order valence-electron chi connectivity index (χ0n) is 13.5. The average Bonchev–Trinajstić information content (AvgIpc) is 2.86. The van der Waals surface area contributed by atoms with Crippen LogP contribution in [0.1, 0.15) is 40.7 Å². The lowest BCUT2D eigenvalue weighted by Gasteiger charge is -2.06. The smallest absolute Gasteiger partial charge is 0.226 e. The predicted molar refractivity (Wildman–Crippen MR) is 91.4 cm³/mol. The maximum absolute atomic E-state index is 11.9. The number of ether oxygens (including phenoxy) is 1. The number of ketones is 1. The topological polar surface area (TPSA) is 68.3 Å². The number of anilines is 1. The number of hydrogen-bond acceptors (Lipinski definition) is 5. The van der Waals surface area contributed by atoms with Gasteiger partial charge >= 0.3 is 0 Å². The van der Waals surface area contributed by atoms with E-state index in [9.17, 15) is 9.59 Å². The van der Waals surface area contributed by atoms with E-state index in [2.05, 4.69) is 10.3 Å². The molecule has 0 saturated heterocycles. The number of thiazole rings is 1. The Balaban J connectivity index is 1.74. The minimum absolute atomic E-state index is 0.0352. The number of nitrogens with one attached hydrogen (secondary N) is 1. The minimum atomic E-state index is -0.124. The first-order valence-corrected chi connectivity index (χ1v) is 8.25. The number of rotatable bonds is 7. The first kappa shape index (κ1) is 17.1. The van der Waals surface area contributed by atoms with Gasteiger partial charge in [-0.1, -0.05) is 29.0 Å². The van der Waals surface area contributed by atoms with Crippen LogP contribution in [0.3, 0.4) is 0 Å². The van der Waals surface area contributed by atoms with Gasteiger partial charge in [0.2, 0.25) is 5.91 Å². The number of aromatic nitrogens is 1. The maximum Gasteiger partial charge on any atom is 0.226 e. The number of carbonyl (C=O) groups excluding carboxylic acids is 2. The molecule has 1 aromatic heterocycles. The summed E-state index contributed by atoms with van der Waals surface area (Å²) < 4.78 is 5.58. The van der Waals surface area contributed by atoms with Crippen LogP contribution in [0.25, 0.3) is 0 Å². The van der Waals surface area contributed by atoms with E-state index in [0.29, 0.717) is 35.2 Å². The summed E-state index contributed by atoms with van der Waals surface area (Å²) in [5, 5.41) is 3.19. The Bertz CT molecular complexity index is 692. The lowest BCUT2D eigenvalue weighted by atomic mass is 10.2. The van der Waals surface area contributed by atoms with Gasteiger partial charge in [-0.25, -0.2) is 4.98 Å². The van der Waals surface area contributed by atoms with E-state index in [1.54, 1.807) is 6.92 Å². The summed E-state index contributed by atoms with van der Waals surface area (Å²) in [6.45, 7) is 5.75. The normalized spacial score (nSPS) is 10.4. The van der Waals surface area contributed by atoms with Crippen molar-refractivity contribution in [2.75, 3.05) is 11.9 Å². The van der Waals surface area contributed by atoms with Crippen LogP contribution < -0.4 is 10.1 Å². The second-order valence-corrected chi connectivity index (χ2v) is 6.30. The number of amides is 1. The standard InChI is InChI=1S/C17H20N2O3S/c1-11-6-8-14(9-7-11)22-10-4-5-15(21)19-17-18-12(2)16(23-17)13(3)20/h6-9H,4-5,10H2,1-3H3,(H,18,19,21). The summed E-state index contributed by atoms with van der Waals surface area (Å²) in [4.78, 5) is 28.0. The van der Waals surface area contributed by atoms with Crippen LogP contribution in [0.4, 0.5) is 5.13 Å². The molecule has 122 valence electrons. The highest BCUT2D eigenvalue weighted by atomic mass is 32.1. The molecule has 0 aliphatic rings. The Morgan fingerprint density at radius 2 is 1.91 bits per heavy atom. The first-order valence-electron chi connectivity index (χ1n) is 7.43. The molecular weight excluding hydrogens is 312 g/mol. The molecule has 0 fully saturated rings. The first-order chi connectivity index (χ1) is 11.0. The Labute approximate surface area is 139 Å². The molecule has 1 amide bonds. The molecule has 6 heteroatoms. The number of Topliss-reactive ketones (excluding diaryl/α,β-unsaturated/α-hetero) is 1. The quantitative estimate of drug-likeness (QED) is 0.619. The second kappa shape index (κ2) is 7.87. The molecule has 0 spiro atoms. The molecule has 0 aliphatic carbocycles. The predicted octanol–water partition coefficient (Wildman–Crippen LogP) is 3.76. The van der Waals surface area contributed by atoms with Gasteiger partial charge in [-0.05, 0) is 32.4 Å². The van der Waals surface area contributed by atoms with E-state index < -0.39 is 0 Å². The van der Waals surface area contributed by atoms with Gasteiger partial charge in [-0.15, -0.1) is 0 Å². The van der Waals surface area contributed by atoms with E-state index in [1.165, 1.54) is 23.8 Å². The van der Waals surface area contributed by atoms with E-state index in [1.807, 2.05) is 31.2 Å².